The van der Waals surface area contributed by atoms with Gasteiger partial charge in [0.2, 0.25) is 0 Å². The Morgan fingerprint density at radius 3 is 3.00 bits per heavy atom. The van der Waals surface area contributed by atoms with E-state index in [0.29, 0.717) is 18.1 Å². The van der Waals surface area contributed by atoms with Gasteiger partial charge in [0.05, 0.1) is 18.5 Å². The van der Waals surface area contributed by atoms with Crippen LogP contribution in [0.4, 0.5) is 20.3 Å². The minimum atomic E-state index is -2.44. The van der Waals surface area contributed by atoms with E-state index in [2.05, 4.69) is 20.0 Å². The third-order valence-corrected chi connectivity index (χ3v) is 1.52. The molecule has 0 bridgehead atoms. The van der Waals surface area contributed by atoms with E-state index in [1.807, 2.05) is 0 Å². The topological polar surface area (TPSA) is 73.1 Å². The molecule has 0 aliphatic rings. The Morgan fingerprint density at radius 1 is 1.53 bits per heavy atom. The maximum Gasteiger partial charge on any atom is 0.261 e. The summed E-state index contributed by atoms with van der Waals surface area (Å²) in [5.74, 6) is 0.477. The summed E-state index contributed by atoms with van der Waals surface area (Å²) in [6.07, 6.45) is 0.364. The number of halogens is 2. The van der Waals surface area contributed by atoms with Gasteiger partial charge in [-0.15, -0.1) is 0 Å². The first-order chi connectivity index (χ1) is 7.20. The van der Waals surface area contributed by atoms with Crippen molar-refractivity contribution in [3.8, 4) is 0 Å². The Hall–Kier alpha value is -1.50. The second-order valence-corrected chi connectivity index (χ2v) is 2.72. The number of aromatic nitrogens is 2. The molecule has 0 aromatic carbocycles. The highest BCUT2D eigenvalue weighted by molar-refractivity contribution is 5.58. The van der Waals surface area contributed by atoms with Crippen molar-refractivity contribution in [3.63, 3.8) is 0 Å². The van der Waals surface area contributed by atoms with Gasteiger partial charge < -0.3 is 15.8 Å². The van der Waals surface area contributed by atoms with Crippen LogP contribution in [0.3, 0.4) is 0 Å². The third-order valence-electron chi connectivity index (χ3n) is 1.52. The average molecular weight is 218 g/mol. The van der Waals surface area contributed by atoms with E-state index in [1.54, 1.807) is 0 Å². The van der Waals surface area contributed by atoms with Gasteiger partial charge in [-0.3, -0.25) is 0 Å². The number of ether oxygens (including phenoxy) is 1. The molecular formula is C8H12F2N4O. The highest BCUT2D eigenvalue weighted by Gasteiger charge is 2.02. The Balaban J connectivity index is 2.18. The molecule has 0 aliphatic heterocycles. The van der Waals surface area contributed by atoms with E-state index in [4.69, 9.17) is 5.73 Å². The van der Waals surface area contributed by atoms with Crippen molar-refractivity contribution >= 4 is 11.5 Å². The lowest BCUT2D eigenvalue weighted by Gasteiger charge is -2.07. The molecule has 15 heavy (non-hydrogen) atoms. The highest BCUT2D eigenvalue weighted by atomic mass is 19.3. The predicted molar refractivity (Wildman–Crippen MR) is 51.8 cm³/mol. The van der Waals surface area contributed by atoms with Gasteiger partial charge in [0.15, 0.2) is 5.82 Å². The summed E-state index contributed by atoms with van der Waals surface area (Å²) in [6, 6.07) is 0. The molecule has 0 aliphatic carbocycles. The van der Waals surface area contributed by atoms with Crippen LogP contribution >= 0.6 is 0 Å². The molecule has 0 spiro atoms. The third kappa shape index (κ3) is 4.50. The molecule has 0 saturated carbocycles. The van der Waals surface area contributed by atoms with E-state index >= 15 is 0 Å². The normalized spacial score (nSPS) is 10.6. The van der Waals surface area contributed by atoms with E-state index in [-0.39, 0.29) is 6.61 Å². The van der Waals surface area contributed by atoms with Gasteiger partial charge in [0.1, 0.15) is 12.9 Å². The number of nitrogen functional groups attached to an aromatic ring is 1. The molecule has 7 heteroatoms. The Bertz CT molecular complexity index is 298. The first-order valence-corrected chi connectivity index (χ1v) is 4.35. The molecule has 0 unspecified atom stereocenters. The number of alkyl halides is 2. The van der Waals surface area contributed by atoms with Gasteiger partial charge in [-0.05, 0) is 0 Å². The van der Waals surface area contributed by atoms with Crippen LogP contribution in [0.1, 0.15) is 0 Å². The second-order valence-electron chi connectivity index (χ2n) is 2.72. The zero-order valence-corrected chi connectivity index (χ0v) is 7.99. The van der Waals surface area contributed by atoms with E-state index in [9.17, 15) is 8.78 Å². The molecule has 0 saturated heterocycles. The summed E-state index contributed by atoms with van der Waals surface area (Å²) in [5.41, 5.74) is 5.94. The minimum Gasteiger partial charge on any atom is -0.394 e. The van der Waals surface area contributed by atoms with Gasteiger partial charge in [-0.1, -0.05) is 0 Å². The summed E-state index contributed by atoms with van der Waals surface area (Å²) in [5, 5.41) is 2.84. The van der Waals surface area contributed by atoms with E-state index in [1.165, 1.54) is 12.5 Å². The molecule has 84 valence electrons. The van der Waals surface area contributed by atoms with Gasteiger partial charge in [-0.2, -0.15) is 0 Å². The van der Waals surface area contributed by atoms with Crippen molar-refractivity contribution in [1.29, 1.82) is 0 Å². The molecule has 0 fully saturated rings. The van der Waals surface area contributed by atoms with Gasteiger partial charge >= 0.3 is 0 Å². The number of nitrogens with two attached hydrogens (primary N) is 1. The maximum absolute atomic E-state index is 11.7. The largest absolute Gasteiger partial charge is 0.394 e. The molecule has 1 aromatic heterocycles. The summed E-state index contributed by atoms with van der Waals surface area (Å²) >= 11 is 0. The van der Waals surface area contributed by atoms with Crippen molar-refractivity contribution in [2.45, 2.75) is 6.43 Å². The van der Waals surface area contributed by atoms with Crippen LogP contribution in [0.2, 0.25) is 0 Å². The summed E-state index contributed by atoms with van der Waals surface area (Å²) in [7, 11) is 0. The lowest BCUT2D eigenvalue weighted by Crippen LogP contribution is -2.14. The van der Waals surface area contributed by atoms with Crippen LogP contribution in [0, 0.1) is 0 Å². The fourth-order valence-electron chi connectivity index (χ4n) is 0.902. The molecule has 5 nitrogen and oxygen atoms in total. The molecule has 0 radical (unpaired) electrons. The van der Waals surface area contributed by atoms with E-state index in [0.717, 1.165) is 0 Å². The van der Waals surface area contributed by atoms with Crippen molar-refractivity contribution in [3.05, 3.63) is 12.5 Å². The molecule has 0 amide bonds. The first kappa shape index (κ1) is 11.6. The number of hydrogen-bond donors (Lipinski definition) is 2. The van der Waals surface area contributed by atoms with Crippen LogP contribution in [0.5, 0.6) is 0 Å². The smallest absolute Gasteiger partial charge is 0.261 e. The maximum atomic E-state index is 11.7. The Labute approximate surface area is 85.7 Å². The number of anilines is 2. The zero-order valence-electron chi connectivity index (χ0n) is 7.99. The van der Waals surface area contributed by atoms with Crippen LogP contribution < -0.4 is 11.1 Å². The minimum absolute atomic E-state index is 0.174. The van der Waals surface area contributed by atoms with Crippen molar-refractivity contribution < 1.29 is 13.5 Å². The molecule has 1 heterocycles. The second kappa shape index (κ2) is 6.07. The molecule has 3 N–H and O–H groups in total. The van der Waals surface area contributed by atoms with Crippen molar-refractivity contribution in [2.24, 2.45) is 0 Å². The predicted octanol–water partition coefficient (Wildman–Crippen LogP) is 0.752. The fourth-order valence-corrected chi connectivity index (χ4v) is 0.902. The standard InChI is InChI=1S/C8H12F2N4O/c9-7(10)4-15-2-1-13-8-6(11)3-12-5-14-8/h3,5,7H,1-2,4,11H2,(H,12,13,14). The molecular weight excluding hydrogens is 206 g/mol. The van der Waals surface area contributed by atoms with Crippen LogP contribution in [-0.4, -0.2) is 36.2 Å². The monoisotopic (exact) mass is 218 g/mol. The van der Waals surface area contributed by atoms with Crippen LogP contribution in [0.15, 0.2) is 12.5 Å². The Morgan fingerprint density at radius 2 is 2.33 bits per heavy atom. The van der Waals surface area contributed by atoms with Crippen LogP contribution in [0.25, 0.3) is 0 Å². The molecule has 0 atom stereocenters. The number of rotatable bonds is 6. The summed E-state index contributed by atoms with van der Waals surface area (Å²) in [6.45, 7) is -0.0113. The SMILES string of the molecule is Nc1cncnc1NCCOCC(F)F. The van der Waals surface area contributed by atoms with Gasteiger partial charge in [0, 0.05) is 6.54 Å². The summed E-state index contributed by atoms with van der Waals surface area (Å²) in [4.78, 5) is 7.57. The highest BCUT2D eigenvalue weighted by Crippen LogP contribution is 2.10. The number of nitrogens with zero attached hydrogens (tertiary/aromatic N) is 2. The quantitative estimate of drug-likeness (QED) is 0.689. The molecule has 1 rings (SSSR count). The Kier molecular flexibility index (Phi) is 4.69. The van der Waals surface area contributed by atoms with Gasteiger partial charge in [-0.25, -0.2) is 18.7 Å². The lowest BCUT2D eigenvalue weighted by atomic mass is 10.5. The summed E-state index contributed by atoms with van der Waals surface area (Å²) < 4.78 is 28.0. The molecule has 1 aromatic rings. The first-order valence-electron chi connectivity index (χ1n) is 4.35. The lowest BCUT2D eigenvalue weighted by molar-refractivity contribution is 0.0215. The van der Waals surface area contributed by atoms with E-state index < -0.39 is 13.0 Å². The number of nitrogens with one attached hydrogen (secondary N) is 1. The van der Waals surface area contributed by atoms with Crippen molar-refractivity contribution in [2.75, 3.05) is 30.8 Å². The number of hydrogen-bond acceptors (Lipinski definition) is 5. The van der Waals surface area contributed by atoms with Crippen LogP contribution in [-0.2, 0) is 4.74 Å². The zero-order chi connectivity index (χ0) is 11.1. The fraction of sp³-hybridized carbons (Fsp3) is 0.500. The van der Waals surface area contributed by atoms with Crippen molar-refractivity contribution in [1.82, 2.24) is 9.97 Å². The van der Waals surface area contributed by atoms with Gasteiger partial charge in [0.25, 0.3) is 6.43 Å². The average Bonchev–Trinajstić information content (AvgIpc) is 2.20.